The Hall–Kier alpha value is -3.42. The highest BCUT2D eigenvalue weighted by Crippen LogP contribution is 2.22. The first kappa shape index (κ1) is 23.7. The third-order valence-corrected chi connectivity index (χ3v) is 6.20. The van der Waals surface area contributed by atoms with Crippen LogP contribution in [0.25, 0.3) is 0 Å². The molecule has 1 fully saturated rings. The highest BCUT2D eigenvalue weighted by atomic mass is 35.5. The molecule has 1 saturated heterocycles. The Kier molecular flexibility index (Phi) is 7.77. The van der Waals surface area contributed by atoms with Crippen LogP contribution in [-0.2, 0) is 4.79 Å². The molecule has 0 aliphatic carbocycles. The van der Waals surface area contributed by atoms with Crippen molar-refractivity contribution in [3.8, 4) is 0 Å². The Bertz CT molecular complexity index is 1120. The van der Waals surface area contributed by atoms with E-state index in [4.69, 9.17) is 11.6 Å². The van der Waals surface area contributed by atoms with Crippen molar-refractivity contribution in [3.63, 3.8) is 0 Å². The minimum Gasteiger partial charge on any atom is -0.354 e. The topological polar surface area (TPSA) is 77.6 Å². The van der Waals surface area contributed by atoms with Crippen LogP contribution < -0.4 is 15.5 Å². The summed E-state index contributed by atoms with van der Waals surface area (Å²) in [4.78, 5) is 34.8. The Labute approximate surface area is 204 Å². The van der Waals surface area contributed by atoms with Crippen molar-refractivity contribution in [2.75, 3.05) is 43.4 Å². The fourth-order valence-electron chi connectivity index (χ4n) is 3.90. The number of pyridine rings is 1. The maximum Gasteiger partial charge on any atom is 0.253 e. The normalized spacial score (nSPS) is 14.9. The van der Waals surface area contributed by atoms with E-state index in [0.717, 1.165) is 37.6 Å². The lowest BCUT2D eigenvalue weighted by molar-refractivity contribution is -0.116. The molecule has 1 aromatic heterocycles. The van der Waals surface area contributed by atoms with Gasteiger partial charge >= 0.3 is 0 Å². The SMILES string of the molecule is CN1CCN(c2ccc(NC(=O)C[C@@H](NC(=O)c3ccccc3Cl)c3ccccc3)cn2)CC1. The van der Waals surface area contributed by atoms with Crippen LogP contribution in [0.5, 0.6) is 0 Å². The molecule has 2 N–H and O–H groups in total. The molecule has 4 rings (SSSR count). The molecule has 2 heterocycles. The molecule has 0 saturated carbocycles. The minimum absolute atomic E-state index is 0.0699. The van der Waals surface area contributed by atoms with Crippen LogP contribution in [0.2, 0.25) is 5.02 Å². The highest BCUT2D eigenvalue weighted by Gasteiger charge is 2.21. The van der Waals surface area contributed by atoms with Crippen LogP contribution in [0.3, 0.4) is 0 Å². The Balaban J connectivity index is 1.41. The van der Waals surface area contributed by atoms with Crippen LogP contribution >= 0.6 is 11.6 Å². The molecular weight excluding hydrogens is 450 g/mol. The van der Waals surface area contributed by atoms with Gasteiger partial charge in [0, 0.05) is 26.2 Å². The number of nitrogens with zero attached hydrogens (tertiary/aromatic N) is 3. The summed E-state index contributed by atoms with van der Waals surface area (Å²) in [6.07, 6.45) is 1.74. The number of carbonyl (C=O) groups is 2. The van der Waals surface area contributed by atoms with Gasteiger partial charge in [-0.2, -0.15) is 0 Å². The van der Waals surface area contributed by atoms with Gasteiger partial charge in [-0.25, -0.2) is 4.98 Å². The van der Waals surface area contributed by atoms with Crippen molar-refractivity contribution in [2.45, 2.75) is 12.5 Å². The average molecular weight is 478 g/mol. The van der Waals surface area contributed by atoms with Gasteiger partial charge in [0.25, 0.3) is 5.91 Å². The van der Waals surface area contributed by atoms with E-state index in [1.807, 2.05) is 42.5 Å². The van der Waals surface area contributed by atoms with Crippen LogP contribution in [-0.4, -0.2) is 54.9 Å². The van der Waals surface area contributed by atoms with Gasteiger partial charge in [-0.15, -0.1) is 0 Å². The molecule has 2 amide bonds. The Morgan fingerprint density at radius 3 is 2.35 bits per heavy atom. The molecular formula is C26H28ClN5O2. The summed E-state index contributed by atoms with van der Waals surface area (Å²) < 4.78 is 0. The Morgan fingerprint density at radius 2 is 1.68 bits per heavy atom. The third-order valence-electron chi connectivity index (χ3n) is 5.87. The van der Waals surface area contributed by atoms with Crippen molar-refractivity contribution >= 4 is 34.9 Å². The second-order valence-electron chi connectivity index (χ2n) is 8.36. The lowest BCUT2D eigenvalue weighted by Gasteiger charge is -2.33. The van der Waals surface area contributed by atoms with Crippen molar-refractivity contribution in [1.82, 2.24) is 15.2 Å². The second-order valence-corrected chi connectivity index (χ2v) is 8.77. The van der Waals surface area contributed by atoms with Gasteiger partial charge in [0.05, 0.1) is 34.9 Å². The monoisotopic (exact) mass is 477 g/mol. The number of piperazine rings is 1. The number of halogens is 1. The average Bonchev–Trinajstić information content (AvgIpc) is 2.85. The molecule has 1 atom stereocenters. The zero-order chi connectivity index (χ0) is 23.9. The summed E-state index contributed by atoms with van der Waals surface area (Å²) >= 11 is 6.18. The van der Waals surface area contributed by atoms with Crippen LogP contribution in [0.4, 0.5) is 11.5 Å². The summed E-state index contributed by atoms with van der Waals surface area (Å²) in [6.45, 7) is 3.86. The third kappa shape index (κ3) is 6.12. The van der Waals surface area contributed by atoms with E-state index in [0.29, 0.717) is 16.3 Å². The number of aromatic nitrogens is 1. The number of amides is 2. The number of hydrogen-bond acceptors (Lipinski definition) is 5. The summed E-state index contributed by atoms with van der Waals surface area (Å²) in [5, 5.41) is 6.21. The van der Waals surface area contributed by atoms with Crippen molar-refractivity contribution in [2.24, 2.45) is 0 Å². The molecule has 1 aliphatic rings. The van der Waals surface area contributed by atoms with E-state index < -0.39 is 6.04 Å². The molecule has 3 aromatic rings. The van der Waals surface area contributed by atoms with Gasteiger partial charge in [-0.1, -0.05) is 54.1 Å². The summed E-state index contributed by atoms with van der Waals surface area (Å²) in [7, 11) is 2.11. The molecule has 0 unspecified atom stereocenters. The maximum atomic E-state index is 12.9. The molecule has 2 aromatic carbocycles. The molecule has 176 valence electrons. The molecule has 7 nitrogen and oxygen atoms in total. The molecule has 0 spiro atoms. The number of nitrogens with one attached hydrogen (secondary N) is 2. The van der Waals surface area contributed by atoms with Crippen molar-refractivity contribution < 1.29 is 9.59 Å². The largest absolute Gasteiger partial charge is 0.354 e. The fourth-order valence-corrected chi connectivity index (χ4v) is 4.12. The first-order valence-electron chi connectivity index (χ1n) is 11.3. The standard InChI is InChI=1S/C26H28ClN5O2/c1-31-13-15-32(16-14-31)24-12-11-20(18-28-24)29-25(33)17-23(19-7-3-2-4-8-19)30-26(34)21-9-5-6-10-22(21)27/h2-12,18,23H,13-17H2,1H3,(H,29,33)(H,30,34)/t23-/m1/s1. The van der Waals surface area contributed by atoms with Gasteiger partial charge in [0.15, 0.2) is 0 Å². The Morgan fingerprint density at radius 1 is 0.971 bits per heavy atom. The molecule has 8 heteroatoms. The summed E-state index contributed by atoms with van der Waals surface area (Å²) in [5.41, 5.74) is 1.82. The van der Waals surface area contributed by atoms with Crippen LogP contribution in [0, 0.1) is 0 Å². The highest BCUT2D eigenvalue weighted by molar-refractivity contribution is 6.33. The zero-order valence-corrected chi connectivity index (χ0v) is 19.8. The predicted octanol–water partition coefficient (Wildman–Crippen LogP) is 3.99. The van der Waals surface area contributed by atoms with E-state index in [9.17, 15) is 9.59 Å². The molecule has 0 radical (unpaired) electrons. The van der Waals surface area contributed by atoms with Gasteiger partial charge in [-0.3, -0.25) is 9.59 Å². The minimum atomic E-state index is -0.512. The number of likely N-dealkylation sites (N-methyl/N-ethyl adjacent to an activating group) is 1. The van der Waals surface area contributed by atoms with Gasteiger partial charge in [0.1, 0.15) is 5.82 Å². The van der Waals surface area contributed by atoms with Gasteiger partial charge < -0.3 is 20.4 Å². The summed E-state index contributed by atoms with van der Waals surface area (Å²) in [5.74, 6) is 0.355. The summed E-state index contributed by atoms with van der Waals surface area (Å²) in [6, 6.07) is 19.5. The van der Waals surface area contributed by atoms with Gasteiger partial charge in [0.2, 0.25) is 5.91 Å². The van der Waals surface area contributed by atoms with Crippen LogP contribution in [0.15, 0.2) is 72.9 Å². The van der Waals surface area contributed by atoms with E-state index >= 15 is 0 Å². The lowest BCUT2D eigenvalue weighted by atomic mass is 10.0. The van der Waals surface area contributed by atoms with Gasteiger partial charge in [-0.05, 0) is 36.9 Å². The van der Waals surface area contributed by atoms with E-state index in [1.165, 1.54) is 0 Å². The second kappa shape index (κ2) is 11.1. The number of carbonyl (C=O) groups excluding carboxylic acids is 2. The fraction of sp³-hybridized carbons (Fsp3) is 0.269. The van der Waals surface area contributed by atoms with Crippen LogP contribution in [0.1, 0.15) is 28.4 Å². The zero-order valence-electron chi connectivity index (χ0n) is 19.1. The van der Waals surface area contributed by atoms with E-state index in [2.05, 4.69) is 32.5 Å². The number of benzene rings is 2. The predicted molar refractivity (Wildman–Crippen MR) is 135 cm³/mol. The quantitative estimate of drug-likeness (QED) is 0.538. The first-order chi connectivity index (χ1) is 16.5. The number of hydrogen-bond donors (Lipinski definition) is 2. The smallest absolute Gasteiger partial charge is 0.253 e. The molecule has 34 heavy (non-hydrogen) atoms. The molecule has 0 bridgehead atoms. The first-order valence-corrected chi connectivity index (χ1v) is 11.7. The number of rotatable bonds is 7. The number of anilines is 2. The maximum absolute atomic E-state index is 12.9. The molecule has 1 aliphatic heterocycles. The van der Waals surface area contributed by atoms with Crippen molar-refractivity contribution in [1.29, 1.82) is 0 Å². The van der Waals surface area contributed by atoms with Crippen molar-refractivity contribution in [3.05, 3.63) is 89.1 Å². The lowest BCUT2D eigenvalue weighted by Crippen LogP contribution is -2.44. The van der Waals surface area contributed by atoms with E-state index in [-0.39, 0.29) is 18.2 Å². The van der Waals surface area contributed by atoms with E-state index in [1.54, 1.807) is 30.5 Å².